The van der Waals surface area contributed by atoms with Crippen LogP contribution in [0.3, 0.4) is 0 Å². The monoisotopic (exact) mass is 382 g/mol. The van der Waals surface area contributed by atoms with Crippen LogP contribution < -0.4 is 0 Å². The first-order valence-corrected chi connectivity index (χ1v) is 8.99. The molecule has 9 heteroatoms. The second-order valence-electron chi connectivity index (χ2n) is 5.08. The van der Waals surface area contributed by atoms with Gasteiger partial charge in [-0.15, -0.1) is 0 Å². The Morgan fingerprint density at radius 2 is 2.00 bits per heavy atom. The zero-order chi connectivity index (χ0) is 16.9. The molecule has 3 rings (SSSR count). The lowest BCUT2D eigenvalue weighted by atomic mass is 10.1. The first-order valence-electron chi connectivity index (χ1n) is 7.32. The largest absolute Gasteiger partial charge is 0.378 e. The highest BCUT2D eigenvalue weighted by Gasteiger charge is 2.27. The average molecular weight is 383 g/mol. The zero-order valence-electron chi connectivity index (χ0n) is 12.7. The van der Waals surface area contributed by atoms with Gasteiger partial charge in [0.2, 0.25) is 0 Å². The molecule has 1 aromatic carbocycles. The van der Waals surface area contributed by atoms with Crippen LogP contribution in [0.1, 0.15) is 15.7 Å². The van der Waals surface area contributed by atoms with Crippen molar-refractivity contribution < 1.29 is 9.53 Å². The van der Waals surface area contributed by atoms with Crippen LogP contribution >= 0.6 is 35.6 Å². The summed E-state index contributed by atoms with van der Waals surface area (Å²) in [7, 11) is 0. The van der Waals surface area contributed by atoms with Gasteiger partial charge < -0.3 is 9.64 Å². The molecule has 0 spiro atoms. The fraction of sp³-hybridized carbons (Fsp3) is 0.333. The van der Waals surface area contributed by atoms with Crippen molar-refractivity contribution in [1.82, 2.24) is 19.7 Å². The third-order valence-corrected chi connectivity index (χ3v) is 5.42. The van der Waals surface area contributed by atoms with Gasteiger partial charge >= 0.3 is 0 Å². The maximum Gasteiger partial charge on any atom is 0.198 e. The summed E-state index contributed by atoms with van der Waals surface area (Å²) < 4.78 is 7.51. The summed E-state index contributed by atoms with van der Waals surface area (Å²) >= 11 is 12.7. The van der Waals surface area contributed by atoms with E-state index >= 15 is 0 Å². The van der Waals surface area contributed by atoms with Gasteiger partial charge in [0.25, 0.3) is 0 Å². The standard InChI is InChI=1S/C15H15ClN4O2S2/c16-12-3-1-11(2-4-12)13(21)14(20-10-17-9-18-20)24-15(23)19-5-7-22-8-6-19/h1-4,9-10,14H,5-8H2. The maximum atomic E-state index is 12.9. The normalized spacial score (nSPS) is 16.0. The highest BCUT2D eigenvalue weighted by molar-refractivity contribution is 8.23. The molecule has 0 bridgehead atoms. The molecule has 1 saturated heterocycles. The number of carbonyl (C=O) groups excluding carboxylic acids is 1. The number of benzene rings is 1. The number of hydrogen-bond donors (Lipinski definition) is 0. The van der Waals surface area contributed by atoms with Crippen molar-refractivity contribution in [1.29, 1.82) is 0 Å². The first kappa shape index (κ1) is 17.3. The van der Waals surface area contributed by atoms with E-state index in [1.54, 1.807) is 24.3 Å². The Bertz CT molecular complexity index is 703. The number of ketones is 1. The lowest BCUT2D eigenvalue weighted by Crippen LogP contribution is -2.39. The van der Waals surface area contributed by atoms with Crippen molar-refractivity contribution in [3.63, 3.8) is 0 Å². The highest BCUT2D eigenvalue weighted by Crippen LogP contribution is 2.29. The van der Waals surface area contributed by atoms with Crippen LogP contribution in [0.5, 0.6) is 0 Å². The van der Waals surface area contributed by atoms with Gasteiger partial charge in [0.05, 0.1) is 13.2 Å². The smallest absolute Gasteiger partial charge is 0.198 e. The molecule has 2 aromatic rings. The Morgan fingerprint density at radius 1 is 1.29 bits per heavy atom. The molecular weight excluding hydrogens is 368 g/mol. The van der Waals surface area contributed by atoms with Crippen molar-refractivity contribution in [2.24, 2.45) is 0 Å². The number of Topliss-reactive ketones (excluding diaryl/α,β-unsaturated/α-hetero) is 1. The molecule has 0 aliphatic carbocycles. The van der Waals surface area contributed by atoms with Crippen LogP contribution in [0.25, 0.3) is 0 Å². The minimum absolute atomic E-state index is 0.0993. The number of ether oxygens (including phenoxy) is 1. The van der Waals surface area contributed by atoms with E-state index in [-0.39, 0.29) is 5.78 Å². The van der Waals surface area contributed by atoms with E-state index < -0.39 is 5.37 Å². The van der Waals surface area contributed by atoms with Gasteiger partial charge in [0.1, 0.15) is 17.0 Å². The number of morpholine rings is 1. The Morgan fingerprint density at radius 3 is 2.62 bits per heavy atom. The van der Waals surface area contributed by atoms with Crippen LogP contribution in [0, 0.1) is 0 Å². The molecule has 0 radical (unpaired) electrons. The average Bonchev–Trinajstić information content (AvgIpc) is 3.14. The minimum Gasteiger partial charge on any atom is -0.378 e. The molecule has 24 heavy (non-hydrogen) atoms. The predicted octanol–water partition coefficient (Wildman–Crippen LogP) is 2.66. The number of halogens is 1. The maximum absolute atomic E-state index is 12.9. The molecule has 0 amide bonds. The van der Waals surface area contributed by atoms with E-state index in [4.69, 9.17) is 28.6 Å². The summed E-state index contributed by atoms with van der Waals surface area (Å²) in [6.07, 6.45) is 2.92. The van der Waals surface area contributed by atoms with E-state index in [2.05, 4.69) is 10.1 Å². The first-order chi connectivity index (χ1) is 11.6. The van der Waals surface area contributed by atoms with Crippen LogP contribution in [-0.4, -0.2) is 56.1 Å². The van der Waals surface area contributed by atoms with Gasteiger partial charge in [-0.25, -0.2) is 9.67 Å². The Kier molecular flexibility index (Phi) is 5.83. The fourth-order valence-corrected chi connectivity index (χ4v) is 3.80. The molecule has 126 valence electrons. The van der Waals surface area contributed by atoms with Crippen molar-refractivity contribution in [2.75, 3.05) is 26.3 Å². The van der Waals surface area contributed by atoms with E-state index in [1.807, 2.05) is 4.90 Å². The van der Waals surface area contributed by atoms with Crippen molar-refractivity contribution in [2.45, 2.75) is 5.37 Å². The lowest BCUT2D eigenvalue weighted by Gasteiger charge is -2.30. The quantitative estimate of drug-likeness (QED) is 0.595. The van der Waals surface area contributed by atoms with E-state index in [1.165, 1.54) is 29.1 Å². The predicted molar refractivity (Wildman–Crippen MR) is 97.4 cm³/mol. The van der Waals surface area contributed by atoms with Crippen molar-refractivity contribution in [3.05, 3.63) is 47.5 Å². The summed E-state index contributed by atoms with van der Waals surface area (Å²) in [4.78, 5) is 18.9. The summed E-state index contributed by atoms with van der Waals surface area (Å²) in [5.41, 5.74) is 0.553. The fourth-order valence-electron chi connectivity index (χ4n) is 2.24. The molecule has 0 saturated carbocycles. The molecular formula is C15H15ClN4O2S2. The summed E-state index contributed by atoms with van der Waals surface area (Å²) in [6.45, 7) is 2.73. The number of rotatable bonds is 4. The molecule has 1 aliphatic heterocycles. The molecule has 1 unspecified atom stereocenters. The second-order valence-corrected chi connectivity index (χ2v) is 7.23. The second kappa shape index (κ2) is 8.06. The summed E-state index contributed by atoms with van der Waals surface area (Å²) in [5.74, 6) is -0.0993. The van der Waals surface area contributed by atoms with Gasteiger partial charge in [0.15, 0.2) is 11.2 Å². The van der Waals surface area contributed by atoms with Crippen LogP contribution in [0.4, 0.5) is 0 Å². The van der Waals surface area contributed by atoms with Gasteiger partial charge in [-0.2, -0.15) is 5.10 Å². The van der Waals surface area contributed by atoms with Gasteiger partial charge in [-0.1, -0.05) is 35.6 Å². The van der Waals surface area contributed by atoms with Crippen LogP contribution in [0.15, 0.2) is 36.9 Å². The van der Waals surface area contributed by atoms with E-state index in [0.29, 0.717) is 28.1 Å². The Balaban J connectivity index is 1.80. The SMILES string of the molecule is O=C(c1ccc(Cl)cc1)C(SC(=S)N1CCOCC1)n1cncn1. The number of carbonyl (C=O) groups is 1. The molecule has 1 atom stereocenters. The molecule has 1 aliphatic rings. The number of aromatic nitrogens is 3. The summed E-state index contributed by atoms with van der Waals surface area (Å²) in [6, 6.07) is 6.79. The molecule has 0 N–H and O–H groups in total. The lowest BCUT2D eigenvalue weighted by molar-refractivity contribution is 0.0702. The third kappa shape index (κ3) is 4.13. The minimum atomic E-state index is -0.607. The molecule has 1 fully saturated rings. The van der Waals surface area contributed by atoms with Gasteiger partial charge in [-0.05, 0) is 24.3 Å². The van der Waals surface area contributed by atoms with E-state index in [0.717, 1.165) is 13.1 Å². The number of hydrogen-bond acceptors (Lipinski definition) is 6. The molecule has 1 aromatic heterocycles. The Hall–Kier alpha value is -1.48. The highest BCUT2D eigenvalue weighted by atomic mass is 35.5. The van der Waals surface area contributed by atoms with Gasteiger partial charge in [0, 0.05) is 23.7 Å². The number of thiocarbonyl (C=S) groups is 1. The van der Waals surface area contributed by atoms with Gasteiger partial charge in [-0.3, -0.25) is 4.79 Å². The van der Waals surface area contributed by atoms with Crippen molar-refractivity contribution in [3.8, 4) is 0 Å². The topological polar surface area (TPSA) is 60.2 Å². The molecule has 2 heterocycles. The molecule has 6 nitrogen and oxygen atoms in total. The zero-order valence-corrected chi connectivity index (χ0v) is 15.1. The Labute approximate surface area is 154 Å². The third-order valence-electron chi connectivity index (χ3n) is 3.51. The number of thioether (sulfide) groups is 1. The van der Waals surface area contributed by atoms with Crippen LogP contribution in [-0.2, 0) is 4.74 Å². The van der Waals surface area contributed by atoms with Crippen LogP contribution in [0.2, 0.25) is 5.02 Å². The summed E-state index contributed by atoms with van der Waals surface area (Å²) in [5, 5.41) is 4.09. The van der Waals surface area contributed by atoms with E-state index in [9.17, 15) is 4.79 Å². The number of nitrogens with zero attached hydrogens (tertiary/aromatic N) is 4. The van der Waals surface area contributed by atoms with Crippen molar-refractivity contribution >= 4 is 45.7 Å².